The molecule has 0 atom stereocenters. The lowest BCUT2D eigenvalue weighted by molar-refractivity contribution is 0.399. The fraction of sp³-hybridized carbons (Fsp3) is 0.286. The van der Waals surface area contributed by atoms with E-state index in [0.717, 1.165) is 35.3 Å². The first-order valence-corrected chi connectivity index (χ1v) is 6.72. The van der Waals surface area contributed by atoms with Gasteiger partial charge in [0.2, 0.25) is 5.88 Å². The van der Waals surface area contributed by atoms with Crippen molar-refractivity contribution in [2.75, 3.05) is 13.7 Å². The van der Waals surface area contributed by atoms with Gasteiger partial charge in [-0.15, -0.1) is 5.10 Å². The van der Waals surface area contributed by atoms with Crippen LogP contribution in [0.25, 0.3) is 22.3 Å². The average Bonchev–Trinajstić information content (AvgIpc) is 3.00. The van der Waals surface area contributed by atoms with Crippen molar-refractivity contribution in [3.63, 3.8) is 0 Å². The summed E-state index contributed by atoms with van der Waals surface area (Å²) in [6.07, 6.45) is 4.50. The summed E-state index contributed by atoms with van der Waals surface area (Å²) in [5, 5.41) is 8.32. The minimum atomic E-state index is 0.548. The van der Waals surface area contributed by atoms with E-state index in [1.54, 1.807) is 24.1 Å². The number of hydrogen-bond donors (Lipinski definition) is 1. The molecule has 0 bridgehead atoms. The number of ether oxygens (including phenoxy) is 1. The molecule has 3 aromatic heterocycles. The number of hydrogen-bond acceptors (Lipinski definition) is 6. The standard InChI is InChI=1S/C14H16N6O/c1-21-13-4-3-11-14(17-13)10(5-7-16-11)12-9-20(19-18-12)8-2-6-15/h3-5,7,9H,2,6,8,15H2,1H3. The van der Waals surface area contributed by atoms with Crippen molar-refractivity contribution in [3.05, 3.63) is 30.6 Å². The molecular formula is C14H16N6O. The second-order valence-corrected chi connectivity index (χ2v) is 4.59. The van der Waals surface area contributed by atoms with Crippen LogP contribution >= 0.6 is 0 Å². The van der Waals surface area contributed by atoms with Crippen molar-refractivity contribution in [3.8, 4) is 17.1 Å². The number of fused-ring (bicyclic) bond motifs is 1. The molecule has 3 heterocycles. The highest BCUT2D eigenvalue weighted by atomic mass is 16.5. The Labute approximate surface area is 121 Å². The van der Waals surface area contributed by atoms with E-state index in [2.05, 4.69) is 20.3 Å². The summed E-state index contributed by atoms with van der Waals surface area (Å²) >= 11 is 0. The van der Waals surface area contributed by atoms with E-state index in [4.69, 9.17) is 10.5 Å². The van der Waals surface area contributed by atoms with Gasteiger partial charge >= 0.3 is 0 Å². The molecule has 3 rings (SSSR count). The van der Waals surface area contributed by atoms with Gasteiger partial charge in [-0.25, -0.2) is 4.98 Å². The smallest absolute Gasteiger partial charge is 0.213 e. The summed E-state index contributed by atoms with van der Waals surface area (Å²) in [4.78, 5) is 8.77. The predicted molar refractivity (Wildman–Crippen MR) is 78.8 cm³/mol. The fourth-order valence-electron chi connectivity index (χ4n) is 2.11. The minimum absolute atomic E-state index is 0.548. The average molecular weight is 284 g/mol. The SMILES string of the molecule is COc1ccc2nccc(-c3cn(CCCN)nn3)c2n1. The summed E-state index contributed by atoms with van der Waals surface area (Å²) in [5.41, 5.74) is 8.71. The molecule has 0 radical (unpaired) electrons. The maximum absolute atomic E-state index is 5.51. The summed E-state index contributed by atoms with van der Waals surface area (Å²) in [6, 6.07) is 5.55. The van der Waals surface area contributed by atoms with E-state index in [1.165, 1.54) is 0 Å². The molecule has 0 spiro atoms. The van der Waals surface area contributed by atoms with Crippen LogP contribution in [0.5, 0.6) is 5.88 Å². The second kappa shape index (κ2) is 5.84. The van der Waals surface area contributed by atoms with Gasteiger partial charge in [-0.3, -0.25) is 9.67 Å². The first-order chi connectivity index (χ1) is 10.3. The van der Waals surface area contributed by atoms with E-state index < -0.39 is 0 Å². The van der Waals surface area contributed by atoms with Crippen LogP contribution in [0.4, 0.5) is 0 Å². The number of rotatable bonds is 5. The van der Waals surface area contributed by atoms with Gasteiger partial charge in [-0.1, -0.05) is 5.21 Å². The quantitative estimate of drug-likeness (QED) is 0.758. The fourth-order valence-corrected chi connectivity index (χ4v) is 2.11. The number of nitrogens with two attached hydrogens (primary N) is 1. The summed E-state index contributed by atoms with van der Waals surface area (Å²) in [7, 11) is 1.59. The highest BCUT2D eigenvalue weighted by molar-refractivity contribution is 5.89. The van der Waals surface area contributed by atoms with E-state index in [9.17, 15) is 0 Å². The number of pyridine rings is 2. The van der Waals surface area contributed by atoms with Crippen molar-refractivity contribution in [1.29, 1.82) is 0 Å². The Balaban J connectivity index is 2.04. The van der Waals surface area contributed by atoms with Gasteiger partial charge in [0.05, 0.1) is 18.8 Å². The normalized spacial score (nSPS) is 11.0. The van der Waals surface area contributed by atoms with Gasteiger partial charge in [-0.05, 0) is 25.1 Å². The van der Waals surface area contributed by atoms with Crippen molar-refractivity contribution in [1.82, 2.24) is 25.0 Å². The number of aromatic nitrogens is 5. The molecule has 0 aromatic carbocycles. The zero-order valence-electron chi connectivity index (χ0n) is 11.7. The molecule has 0 amide bonds. The molecule has 0 unspecified atom stereocenters. The molecule has 21 heavy (non-hydrogen) atoms. The van der Waals surface area contributed by atoms with Gasteiger partial charge in [-0.2, -0.15) is 0 Å². The first-order valence-electron chi connectivity index (χ1n) is 6.72. The molecule has 7 heteroatoms. The van der Waals surface area contributed by atoms with Crippen molar-refractivity contribution in [2.24, 2.45) is 5.73 Å². The van der Waals surface area contributed by atoms with E-state index >= 15 is 0 Å². The zero-order chi connectivity index (χ0) is 14.7. The lowest BCUT2D eigenvalue weighted by Crippen LogP contribution is -2.06. The van der Waals surface area contributed by atoms with Crippen molar-refractivity contribution < 1.29 is 4.74 Å². The second-order valence-electron chi connectivity index (χ2n) is 4.59. The van der Waals surface area contributed by atoms with Gasteiger partial charge in [0.15, 0.2) is 0 Å². The molecule has 0 aliphatic carbocycles. The maximum Gasteiger partial charge on any atom is 0.213 e. The van der Waals surface area contributed by atoms with E-state index in [1.807, 2.05) is 18.3 Å². The summed E-state index contributed by atoms with van der Waals surface area (Å²) in [5.74, 6) is 0.548. The molecule has 0 saturated carbocycles. The minimum Gasteiger partial charge on any atom is -0.481 e. The molecule has 0 fully saturated rings. The Hall–Kier alpha value is -2.54. The third kappa shape index (κ3) is 2.68. The van der Waals surface area contributed by atoms with Crippen LogP contribution in [0, 0.1) is 0 Å². The molecule has 7 nitrogen and oxygen atoms in total. The molecule has 108 valence electrons. The monoisotopic (exact) mass is 284 g/mol. The lowest BCUT2D eigenvalue weighted by Gasteiger charge is -2.04. The Morgan fingerprint density at radius 1 is 1.29 bits per heavy atom. The van der Waals surface area contributed by atoms with Crippen LogP contribution in [0.15, 0.2) is 30.6 Å². The predicted octanol–water partition coefficient (Wildman–Crippen LogP) is 1.25. The van der Waals surface area contributed by atoms with Gasteiger partial charge in [0.1, 0.15) is 11.2 Å². The summed E-state index contributed by atoms with van der Waals surface area (Å²) in [6.45, 7) is 1.38. The van der Waals surface area contributed by atoms with E-state index in [-0.39, 0.29) is 0 Å². The van der Waals surface area contributed by atoms with Gasteiger partial charge in [0, 0.05) is 24.4 Å². The molecule has 0 aliphatic rings. The molecular weight excluding hydrogens is 268 g/mol. The third-order valence-electron chi connectivity index (χ3n) is 3.17. The molecule has 0 saturated heterocycles. The van der Waals surface area contributed by atoms with Crippen LogP contribution in [-0.2, 0) is 6.54 Å². The number of aryl methyl sites for hydroxylation is 1. The zero-order valence-corrected chi connectivity index (χ0v) is 11.7. The Bertz CT molecular complexity index is 754. The van der Waals surface area contributed by atoms with Crippen LogP contribution in [0.1, 0.15) is 6.42 Å². The lowest BCUT2D eigenvalue weighted by atomic mass is 10.1. The van der Waals surface area contributed by atoms with Gasteiger partial charge < -0.3 is 10.5 Å². The largest absolute Gasteiger partial charge is 0.481 e. The highest BCUT2D eigenvalue weighted by Crippen LogP contribution is 2.25. The molecule has 0 aliphatic heterocycles. The maximum atomic E-state index is 5.51. The number of methoxy groups -OCH3 is 1. The topological polar surface area (TPSA) is 91.7 Å². The van der Waals surface area contributed by atoms with Crippen molar-refractivity contribution >= 4 is 11.0 Å². The molecule has 2 N–H and O–H groups in total. The third-order valence-corrected chi connectivity index (χ3v) is 3.17. The van der Waals surface area contributed by atoms with Gasteiger partial charge in [0.25, 0.3) is 0 Å². The van der Waals surface area contributed by atoms with E-state index in [0.29, 0.717) is 12.4 Å². The Morgan fingerprint density at radius 2 is 2.19 bits per heavy atom. The number of nitrogens with zero attached hydrogens (tertiary/aromatic N) is 5. The highest BCUT2D eigenvalue weighted by Gasteiger charge is 2.11. The van der Waals surface area contributed by atoms with Crippen LogP contribution in [0.3, 0.4) is 0 Å². The van der Waals surface area contributed by atoms with Crippen LogP contribution in [0.2, 0.25) is 0 Å². The van der Waals surface area contributed by atoms with Crippen LogP contribution < -0.4 is 10.5 Å². The van der Waals surface area contributed by atoms with Crippen molar-refractivity contribution in [2.45, 2.75) is 13.0 Å². The molecule has 3 aromatic rings. The van der Waals surface area contributed by atoms with Crippen LogP contribution in [-0.4, -0.2) is 38.6 Å². The first kappa shape index (κ1) is 13.4. The summed E-state index contributed by atoms with van der Waals surface area (Å²) < 4.78 is 6.96. The Kier molecular flexibility index (Phi) is 3.74. The Morgan fingerprint density at radius 3 is 3.00 bits per heavy atom.